The Bertz CT molecular complexity index is 391. The van der Waals surface area contributed by atoms with Gasteiger partial charge in [0.15, 0.2) is 0 Å². The summed E-state index contributed by atoms with van der Waals surface area (Å²) in [5, 5.41) is 4.72. The summed E-state index contributed by atoms with van der Waals surface area (Å²) in [6.45, 7) is 11.4. The van der Waals surface area contributed by atoms with E-state index in [1.165, 1.54) is 29.8 Å². The predicted octanol–water partition coefficient (Wildman–Crippen LogP) is 2.94. The van der Waals surface area contributed by atoms with Gasteiger partial charge in [0.1, 0.15) is 0 Å². The molecular weight excluding hydrogens is 184 g/mol. The third kappa shape index (κ3) is 1.51. The van der Waals surface area contributed by atoms with Gasteiger partial charge in [0.25, 0.3) is 0 Å². The van der Waals surface area contributed by atoms with Gasteiger partial charge in [-0.2, -0.15) is 5.10 Å². The number of nitrogens with zero attached hydrogens (tertiary/aromatic N) is 2. The minimum atomic E-state index is 0.172. The van der Waals surface area contributed by atoms with Crippen molar-refractivity contribution in [3.05, 3.63) is 17.0 Å². The minimum absolute atomic E-state index is 0.172. The van der Waals surface area contributed by atoms with Gasteiger partial charge in [-0.1, -0.05) is 34.6 Å². The molecule has 15 heavy (non-hydrogen) atoms. The maximum atomic E-state index is 4.72. The Morgan fingerprint density at radius 3 is 2.40 bits per heavy atom. The van der Waals surface area contributed by atoms with Crippen LogP contribution in [-0.2, 0) is 24.3 Å². The average molecular weight is 206 g/mol. The Labute approximate surface area is 92.7 Å². The van der Waals surface area contributed by atoms with Gasteiger partial charge in [-0.05, 0) is 18.4 Å². The van der Waals surface area contributed by atoms with Gasteiger partial charge in [-0.25, -0.2) is 0 Å². The lowest BCUT2D eigenvalue weighted by molar-refractivity contribution is 0.466. The van der Waals surface area contributed by atoms with E-state index in [1.54, 1.807) is 0 Å². The van der Waals surface area contributed by atoms with E-state index in [0.717, 1.165) is 0 Å². The molecule has 1 aromatic heterocycles. The van der Waals surface area contributed by atoms with E-state index in [0.29, 0.717) is 5.41 Å². The van der Waals surface area contributed by atoms with Crippen LogP contribution >= 0.6 is 0 Å². The SMILES string of the molecule is Cn1nc(C(C)(C)C)c2c1C(C)(C)CC2. The summed E-state index contributed by atoms with van der Waals surface area (Å²) in [6.07, 6.45) is 2.46. The Hall–Kier alpha value is -0.790. The molecule has 1 aliphatic rings. The minimum Gasteiger partial charge on any atom is -0.272 e. The molecule has 0 aliphatic heterocycles. The Balaban J connectivity index is 2.62. The second-order valence-electron chi connectivity index (χ2n) is 6.43. The molecule has 0 radical (unpaired) electrons. The van der Waals surface area contributed by atoms with E-state index >= 15 is 0 Å². The first-order valence-corrected chi connectivity index (χ1v) is 5.80. The molecule has 0 aromatic carbocycles. The highest BCUT2D eigenvalue weighted by Gasteiger charge is 2.38. The van der Waals surface area contributed by atoms with E-state index in [2.05, 4.69) is 46.3 Å². The zero-order valence-electron chi connectivity index (χ0n) is 10.8. The standard InChI is InChI=1S/C13H22N2/c1-12(2,3)10-9-7-8-13(4,5)11(9)15(6)14-10/h7-8H2,1-6H3. The third-order valence-corrected chi connectivity index (χ3v) is 3.50. The number of hydrogen-bond donors (Lipinski definition) is 0. The van der Waals surface area contributed by atoms with Crippen LogP contribution in [-0.4, -0.2) is 9.78 Å². The molecule has 0 unspecified atom stereocenters. The molecule has 0 N–H and O–H groups in total. The van der Waals surface area contributed by atoms with Gasteiger partial charge in [0.2, 0.25) is 0 Å². The van der Waals surface area contributed by atoms with Crippen molar-refractivity contribution in [3.8, 4) is 0 Å². The molecule has 0 saturated carbocycles. The highest BCUT2D eigenvalue weighted by molar-refractivity contribution is 5.39. The maximum Gasteiger partial charge on any atom is 0.0712 e. The fourth-order valence-corrected chi connectivity index (χ4v) is 2.81. The van der Waals surface area contributed by atoms with Crippen molar-refractivity contribution in [1.29, 1.82) is 0 Å². The van der Waals surface area contributed by atoms with E-state index in [-0.39, 0.29) is 5.41 Å². The van der Waals surface area contributed by atoms with Crippen LogP contribution in [0.5, 0.6) is 0 Å². The quantitative estimate of drug-likeness (QED) is 0.638. The van der Waals surface area contributed by atoms with E-state index in [1.807, 2.05) is 0 Å². The lowest BCUT2D eigenvalue weighted by Gasteiger charge is -2.18. The van der Waals surface area contributed by atoms with Crippen molar-refractivity contribution in [2.75, 3.05) is 0 Å². The molecular formula is C13H22N2. The molecule has 0 saturated heterocycles. The van der Waals surface area contributed by atoms with Crippen LogP contribution in [0, 0.1) is 0 Å². The van der Waals surface area contributed by atoms with Gasteiger partial charge in [-0.15, -0.1) is 0 Å². The van der Waals surface area contributed by atoms with Crippen LogP contribution < -0.4 is 0 Å². The van der Waals surface area contributed by atoms with Gasteiger partial charge in [0.05, 0.1) is 5.69 Å². The first-order chi connectivity index (χ1) is 6.73. The van der Waals surface area contributed by atoms with Crippen molar-refractivity contribution in [2.45, 2.75) is 58.3 Å². The monoisotopic (exact) mass is 206 g/mol. The largest absolute Gasteiger partial charge is 0.272 e. The summed E-state index contributed by atoms with van der Waals surface area (Å²) in [4.78, 5) is 0. The molecule has 1 aromatic rings. The summed E-state index contributed by atoms with van der Waals surface area (Å²) < 4.78 is 2.10. The van der Waals surface area contributed by atoms with Crippen LogP contribution in [0.1, 0.15) is 58.0 Å². The first kappa shape index (κ1) is 10.7. The van der Waals surface area contributed by atoms with Gasteiger partial charge >= 0.3 is 0 Å². The van der Waals surface area contributed by atoms with Crippen molar-refractivity contribution >= 4 is 0 Å². The molecule has 0 bridgehead atoms. The summed E-state index contributed by atoms with van der Waals surface area (Å²) in [5.41, 5.74) is 4.74. The summed E-state index contributed by atoms with van der Waals surface area (Å²) in [6, 6.07) is 0. The highest BCUT2D eigenvalue weighted by Crippen LogP contribution is 2.42. The fraction of sp³-hybridized carbons (Fsp3) is 0.769. The summed E-state index contributed by atoms with van der Waals surface area (Å²) in [7, 11) is 2.08. The molecule has 2 rings (SSSR count). The Morgan fingerprint density at radius 1 is 1.27 bits per heavy atom. The zero-order valence-corrected chi connectivity index (χ0v) is 10.8. The average Bonchev–Trinajstić information content (AvgIpc) is 2.51. The Kier molecular flexibility index (Phi) is 2.05. The summed E-state index contributed by atoms with van der Waals surface area (Å²) in [5.74, 6) is 0. The second-order valence-corrected chi connectivity index (χ2v) is 6.43. The molecule has 0 amide bonds. The van der Waals surface area contributed by atoms with Crippen LogP contribution in [0.3, 0.4) is 0 Å². The fourth-order valence-electron chi connectivity index (χ4n) is 2.81. The summed E-state index contributed by atoms with van der Waals surface area (Å²) >= 11 is 0. The Morgan fingerprint density at radius 2 is 1.87 bits per heavy atom. The molecule has 0 fully saturated rings. The number of rotatable bonds is 0. The first-order valence-electron chi connectivity index (χ1n) is 5.80. The highest BCUT2D eigenvalue weighted by atomic mass is 15.3. The lowest BCUT2D eigenvalue weighted by Crippen LogP contribution is -2.17. The smallest absolute Gasteiger partial charge is 0.0712 e. The van der Waals surface area contributed by atoms with Crippen molar-refractivity contribution in [1.82, 2.24) is 9.78 Å². The van der Waals surface area contributed by atoms with E-state index < -0.39 is 0 Å². The van der Waals surface area contributed by atoms with Crippen LogP contribution in [0.2, 0.25) is 0 Å². The maximum absolute atomic E-state index is 4.72. The molecule has 84 valence electrons. The van der Waals surface area contributed by atoms with E-state index in [4.69, 9.17) is 5.10 Å². The molecule has 0 spiro atoms. The van der Waals surface area contributed by atoms with Gasteiger partial charge in [0, 0.05) is 23.6 Å². The number of aryl methyl sites for hydroxylation is 1. The van der Waals surface area contributed by atoms with E-state index in [9.17, 15) is 0 Å². The number of fused-ring (bicyclic) bond motifs is 1. The topological polar surface area (TPSA) is 17.8 Å². The van der Waals surface area contributed by atoms with Crippen LogP contribution in [0.25, 0.3) is 0 Å². The van der Waals surface area contributed by atoms with Gasteiger partial charge in [-0.3, -0.25) is 4.68 Å². The zero-order chi connectivity index (χ0) is 11.4. The van der Waals surface area contributed by atoms with Crippen molar-refractivity contribution < 1.29 is 0 Å². The molecule has 2 nitrogen and oxygen atoms in total. The second kappa shape index (κ2) is 2.87. The number of hydrogen-bond acceptors (Lipinski definition) is 1. The van der Waals surface area contributed by atoms with Gasteiger partial charge < -0.3 is 0 Å². The molecule has 2 heteroatoms. The normalized spacial score (nSPS) is 19.3. The number of aromatic nitrogens is 2. The molecule has 0 atom stereocenters. The molecule has 1 aliphatic carbocycles. The molecule has 1 heterocycles. The third-order valence-electron chi connectivity index (χ3n) is 3.50. The predicted molar refractivity (Wildman–Crippen MR) is 63.3 cm³/mol. The van der Waals surface area contributed by atoms with Crippen LogP contribution in [0.4, 0.5) is 0 Å². The lowest BCUT2D eigenvalue weighted by atomic mass is 9.87. The van der Waals surface area contributed by atoms with Crippen molar-refractivity contribution in [2.24, 2.45) is 7.05 Å². The van der Waals surface area contributed by atoms with Crippen molar-refractivity contribution in [3.63, 3.8) is 0 Å². The van der Waals surface area contributed by atoms with Crippen LogP contribution in [0.15, 0.2) is 0 Å².